The number of aliphatic hydroxyl groups excluding tert-OH is 1. The van der Waals surface area contributed by atoms with Crippen LogP contribution in [0.25, 0.3) is 0 Å². The number of nitrogens with one attached hydrogen (secondary N) is 1. The van der Waals surface area contributed by atoms with Crippen LogP contribution in [-0.4, -0.2) is 30.9 Å². The average Bonchev–Trinajstić information content (AvgIpc) is 2.39. The lowest BCUT2D eigenvalue weighted by molar-refractivity contribution is 0.0252. The minimum atomic E-state index is -0.551. The van der Waals surface area contributed by atoms with Gasteiger partial charge in [-0.1, -0.05) is 31.5 Å². The monoisotopic (exact) mass is 281 g/mol. The van der Waals surface area contributed by atoms with Gasteiger partial charge in [0, 0.05) is 18.7 Å². The minimum Gasteiger partial charge on any atom is -0.389 e. The van der Waals surface area contributed by atoms with Crippen molar-refractivity contribution < 1.29 is 14.2 Å². The highest BCUT2D eigenvalue weighted by molar-refractivity contribution is 5.16. The van der Waals surface area contributed by atoms with E-state index in [0.29, 0.717) is 17.5 Å². The van der Waals surface area contributed by atoms with Crippen molar-refractivity contribution in [3.8, 4) is 0 Å². The molecule has 0 saturated heterocycles. The Morgan fingerprint density at radius 3 is 2.80 bits per heavy atom. The smallest absolute Gasteiger partial charge is 0.128 e. The predicted molar refractivity (Wildman–Crippen MR) is 76.9 cm³/mol. The van der Waals surface area contributed by atoms with Crippen molar-refractivity contribution in [3.05, 3.63) is 35.6 Å². The molecule has 3 nitrogen and oxygen atoms in total. The Kier molecular flexibility index (Phi) is 5.52. The van der Waals surface area contributed by atoms with Gasteiger partial charge in [0.25, 0.3) is 0 Å². The van der Waals surface area contributed by atoms with Gasteiger partial charge >= 0.3 is 0 Å². The van der Waals surface area contributed by atoms with Crippen molar-refractivity contribution in [3.63, 3.8) is 0 Å². The maximum Gasteiger partial charge on any atom is 0.128 e. The van der Waals surface area contributed by atoms with E-state index < -0.39 is 6.10 Å². The van der Waals surface area contributed by atoms with Gasteiger partial charge < -0.3 is 15.2 Å². The van der Waals surface area contributed by atoms with E-state index >= 15 is 0 Å². The van der Waals surface area contributed by atoms with E-state index in [1.165, 1.54) is 25.3 Å². The molecule has 1 aromatic rings. The third kappa shape index (κ3) is 4.54. The Morgan fingerprint density at radius 2 is 2.15 bits per heavy atom. The van der Waals surface area contributed by atoms with E-state index in [-0.39, 0.29) is 19.0 Å². The maximum atomic E-state index is 13.3. The van der Waals surface area contributed by atoms with Crippen LogP contribution in [-0.2, 0) is 11.3 Å². The lowest BCUT2D eigenvalue weighted by Gasteiger charge is -2.38. The Morgan fingerprint density at radius 1 is 1.40 bits per heavy atom. The molecular formula is C16H24FNO2. The number of hydrogen-bond acceptors (Lipinski definition) is 3. The molecule has 0 amide bonds. The van der Waals surface area contributed by atoms with Gasteiger partial charge in [0.2, 0.25) is 0 Å². The molecule has 1 aliphatic carbocycles. The van der Waals surface area contributed by atoms with Crippen LogP contribution in [0.15, 0.2) is 24.3 Å². The van der Waals surface area contributed by atoms with E-state index in [0.717, 1.165) is 6.54 Å². The van der Waals surface area contributed by atoms with Crippen LogP contribution in [0.2, 0.25) is 0 Å². The molecule has 2 N–H and O–H groups in total. The summed E-state index contributed by atoms with van der Waals surface area (Å²) in [5.41, 5.74) is 0.933. The van der Waals surface area contributed by atoms with E-state index in [9.17, 15) is 9.50 Å². The van der Waals surface area contributed by atoms with Crippen molar-refractivity contribution >= 4 is 0 Å². The van der Waals surface area contributed by atoms with E-state index in [1.807, 2.05) is 0 Å². The van der Waals surface area contributed by atoms with E-state index in [2.05, 4.69) is 12.2 Å². The molecule has 0 aliphatic heterocycles. The SMILES string of the molecule is CC1(CNCC(O)COCc2ccccc2F)CCC1. The van der Waals surface area contributed by atoms with Crippen LogP contribution < -0.4 is 5.32 Å². The molecule has 4 heteroatoms. The second-order valence-corrected chi connectivity index (χ2v) is 6.06. The highest BCUT2D eigenvalue weighted by atomic mass is 19.1. The summed E-state index contributed by atoms with van der Waals surface area (Å²) in [6, 6.07) is 6.53. The average molecular weight is 281 g/mol. The predicted octanol–water partition coefficient (Wildman–Crippen LogP) is 2.48. The summed E-state index contributed by atoms with van der Waals surface area (Å²) in [5.74, 6) is -0.266. The zero-order valence-corrected chi connectivity index (χ0v) is 12.1. The van der Waals surface area contributed by atoms with Crippen LogP contribution >= 0.6 is 0 Å². The fraction of sp³-hybridized carbons (Fsp3) is 0.625. The molecule has 1 aromatic carbocycles. The molecule has 1 fully saturated rings. The first-order valence-corrected chi connectivity index (χ1v) is 7.29. The summed E-state index contributed by atoms with van der Waals surface area (Å²) < 4.78 is 18.7. The van der Waals surface area contributed by atoms with E-state index in [1.54, 1.807) is 18.2 Å². The van der Waals surface area contributed by atoms with Gasteiger partial charge in [-0.05, 0) is 24.3 Å². The maximum absolute atomic E-state index is 13.3. The molecule has 0 aromatic heterocycles. The Bertz CT molecular complexity index is 421. The van der Waals surface area contributed by atoms with Crippen LogP contribution in [0, 0.1) is 11.2 Å². The largest absolute Gasteiger partial charge is 0.389 e. The van der Waals surface area contributed by atoms with E-state index in [4.69, 9.17) is 4.74 Å². The number of aliphatic hydroxyl groups is 1. The first-order valence-electron chi connectivity index (χ1n) is 7.29. The minimum absolute atomic E-state index is 0.196. The molecule has 0 bridgehead atoms. The zero-order chi connectivity index (χ0) is 14.4. The van der Waals surface area contributed by atoms with Crippen molar-refractivity contribution in [2.24, 2.45) is 5.41 Å². The Hall–Kier alpha value is -0.970. The molecule has 2 rings (SSSR count). The summed E-state index contributed by atoms with van der Waals surface area (Å²) in [4.78, 5) is 0. The third-order valence-corrected chi connectivity index (χ3v) is 4.02. The summed E-state index contributed by atoms with van der Waals surface area (Å²) >= 11 is 0. The van der Waals surface area contributed by atoms with Crippen LogP contribution in [0.4, 0.5) is 4.39 Å². The highest BCUT2D eigenvalue weighted by Crippen LogP contribution is 2.39. The van der Waals surface area contributed by atoms with Crippen LogP contribution in [0.3, 0.4) is 0 Å². The summed E-state index contributed by atoms with van der Waals surface area (Å²) in [6.45, 7) is 4.15. The number of benzene rings is 1. The van der Waals surface area contributed by atoms with Crippen molar-refractivity contribution in [1.29, 1.82) is 0 Å². The van der Waals surface area contributed by atoms with Crippen molar-refractivity contribution in [2.45, 2.75) is 38.9 Å². The fourth-order valence-electron chi connectivity index (χ4n) is 2.48. The number of halogens is 1. The topological polar surface area (TPSA) is 41.5 Å². The van der Waals surface area contributed by atoms with Crippen molar-refractivity contribution in [1.82, 2.24) is 5.32 Å². The standard InChI is InChI=1S/C16H24FNO2/c1-16(7-4-8-16)12-18-9-14(19)11-20-10-13-5-2-3-6-15(13)17/h2-3,5-6,14,18-19H,4,7-12H2,1H3. The van der Waals surface area contributed by atoms with Crippen LogP contribution in [0.1, 0.15) is 31.7 Å². The summed E-state index contributed by atoms with van der Waals surface area (Å²) in [6.07, 6.45) is 3.29. The molecule has 1 aliphatic rings. The zero-order valence-electron chi connectivity index (χ0n) is 12.1. The first kappa shape index (κ1) is 15.4. The molecule has 1 saturated carbocycles. The van der Waals surface area contributed by atoms with Gasteiger partial charge in [-0.15, -0.1) is 0 Å². The molecule has 1 unspecified atom stereocenters. The van der Waals surface area contributed by atoms with Gasteiger partial charge in [0.15, 0.2) is 0 Å². The number of rotatable bonds is 8. The third-order valence-electron chi connectivity index (χ3n) is 4.02. The lowest BCUT2D eigenvalue weighted by Crippen LogP contribution is -2.41. The Labute approximate surface area is 120 Å². The molecule has 20 heavy (non-hydrogen) atoms. The van der Waals surface area contributed by atoms with Gasteiger partial charge in [-0.25, -0.2) is 4.39 Å². The summed E-state index contributed by atoms with van der Waals surface area (Å²) in [5, 5.41) is 13.1. The highest BCUT2D eigenvalue weighted by Gasteiger charge is 2.31. The van der Waals surface area contributed by atoms with Crippen molar-refractivity contribution in [2.75, 3.05) is 19.7 Å². The fourth-order valence-corrected chi connectivity index (χ4v) is 2.48. The summed E-state index contributed by atoms with van der Waals surface area (Å²) in [7, 11) is 0. The number of ether oxygens (including phenoxy) is 1. The molecule has 112 valence electrons. The second-order valence-electron chi connectivity index (χ2n) is 6.06. The molecule has 0 heterocycles. The molecular weight excluding hydrogens is 257 g/mol. The van der Waals surface area contributed by atoms with Gasteiger partial charge in [0.1, 0.15) is 5.82 Å². The van der Waals surface area contributed by atoms with Gasteiger partial charge in [0.05, 0.1) is 19.3 Å². The van der Waals surface area contributed by atoms with Gasteiger partial charge in [-0.3, -0.25) is 0 Å². The molecule has 0 radical (unpaired) electrons. The normalized spacial score (nSPS) is 18.6. The van der Waals surface area contributed by atoms with Crippen LogP contribution in [0.5, 0.6) is 0 Å². The van der Waals surface area contributed by atoms with Gasteiger partial charge in [-0.2, -0.15) is 0 Å². The Balaban J connectivity index is 1.58. The molecule has 1 atom stereocenters. The first-order chi connectivity index (χ1) is 9.59. The number of hydrogen-bond donors (Lipinski definition) is 2. The lowest BCUT2D eigenvalue weighted by atomic mass is 9.70. The second kappa shape index (κ2) is 7.16. The molecule has 0 spiro atoms. The quantitative estimate of drug-likeness (QED) is 0.769.